The largest absolute Gasteiger partial charge is 0.497 e. The molecular weight excluding hydrogens is 324 g/mol. The summed E-state index contributed by atoms with van der Waals surface area (Å²) in [4.78, 5) is 0. The van der Waals surface area contributed by atoms with Gasteiger partial charge in [-0.25, -0.2) is 0 Å². The number of hydrogen-bond donors (Lipinski definition) is 0. The van der Waals surface area contributed by atoms with Crippen molar-refractivity contribution in [1.82, 2.24) is 0 Å². The average Bonchev–Trinajstić information content (AvgIpc) is 2.47. The number of methoxy groups -OCH3 is 1. The van der Waals surface area contributed by atoms with Gasteiger partial charge in [0.15, 0.2) is 0 Å². The highest BCUT2D eigenvalue weighted by Crippen LogP contribution is 2.33. The standard InChI is InChI=1S/C16H20BrClO/c1-19-15-7-8-16(17)13(10-15)9-14(11-18)12-5-3-2-4-6-12/h7-10,12H,2-6,11H2,1H3/b14-9-. The first-order valence-corrected chi connectivity index (χ1v) is 8.17. The minimum Gasteiger partial charge on any atom is -0.497 e. The molecule has 1 nitrogen and oxygen atoms in total. The van der Waals surface area contributed by atoms with Crippen molar-refractivity contribution in [2.75, 3.05) is 13.0 Å². The summed E-state index contributed by atoms with van der Waals surface area (Å²) in [5, 5.41) is 0. The number of hydrogen-bond acceptors (Lipinski definition) is 1. The third-order valence-electron chi connectivity index (χ3n) is 3.83. The second-order valence-corrected chi connectivity index (χ2v) is 6.20. The molecule has 0 spiro atoms. The average molecular weight is 344 g/mol. The summed E-state index contributed by atoms with van der Waals surface area (Å²) in [5.41, 5.74) is 2.51. The summed E-state index contributed by atoms with van der Waals surface area (Å²) in [6.07, 6.45) is 8.82. The zero-order valence-corrected chi connectivity index (χ0v) is 13.6. The molecule has 0 radical (unpaired) electrons. The fraction of sp³-hybridized carbons (Fsp3) is 0.500. The van der Waals surface area contributed by atoms with E-state index in [0.29, 0.717) is 11.8 Å². The molecule has 1 aromatic carbocycles. The van der Waals surface area contributed by atoms with Crippen LogP contribution in [0.1, 0.15) is 37.7 Å². The molecule has 3 heteroatoms. The van der Waals surface area contributed by atoms with E-state index in [2.05, 4.69) is 28.1 Å². The van der Waals surface area contributed by atoms with Crippen LogP contribution in [0, 0.1) is 5.92 Å². The molecule has 1 aliphatic rings. The van der Waals surface area contributed by atoms with Crippen molar-refractivity contribution in [2.45, 2.75) is 32.1 Å². The number of alkyl halides is 1. The highest BCUT2D eigenvalue weighted by atomic mass is 79.9. The first-order valence-electron chi connectivity index (χ1n) is 6.84. The Bertz CT molecular complexity index is 450. The Labute approximate surface area is 129 Å². The van der Waals surface area contributed by atoms with Crippen molar-refractivity contribution in [2.24, 2.45) is 5.92 Å². The number of ether oxygens (including phenoxy) is 1. The molecule has 1 aromatic rings. The van der Waals surface area contributed by atoms with Crippen molar-refractivity contribution >= 4 is 33.6 Å². The van der Waals surface area contributed by atoms with E-state index in [1.165, 1.54) is 37.7 Å². The predicted molar refractivity (Wildman–Crippen MR) is 86.0 cm³/mol. The van der Waals surface area contributed by atoms with Crippen molar-refractivity contribution in [3.05, 3.63) is 33.8 Å². The fourth-order valence-corrected chi connectivity index (χ4v) is 3.35. The van der Waals surface area contributed by atoms with E-state index in [1.54, 1.807) is 7.11 Å². The molecule has 0 heterocycles. The van der Waals surface area contributed by atoms with Gasteiger partial charge >= 0.3 is 0 Å². The van der Waals surface area contributed by atoms with Gasteiger partial charge in [0, 0.05) is 10.4 Å². The molecule has 0 saturated heterocycles. The van der Waals surface area contributed by atoms with Crippen LogP contribution in [0.2, 0.25) is 0 Å². The van der Waals surface area contributed by atoms with Crippen LogP contribution >= 0.6 is 27.5 Å². The Morgan fingerprint density at radius 3 is 2.74 bits per heavy atom. The van der Waals surface area contributed by atoms with E-state index in [-0.39, 0.29) is 0 Å². The summed E-state index contributed by atoms with van der Waals surface area (Å²) < 4.78 is 6.38. The highest BCUT2D eigenvalue weighted by molar-refractivity contribution is 9.10. The van der Waals surface area contributed by atoms with E-state index in [0.717, 1.165) is 15.8 Å². The molecule has 0 N–H and O–H groups in total. The van der Waals surface area contributed by atoms with Gasteiger partial charge in [-0.05, 0) is 42.5 Å². The van der Waals surface area contributed by atoms with Crippen LogP contribution in [0.15, 0.2) is 28.2 Å². The molecule has 2 rings (SSSR count). The topological polar surface area (TPSA) is 9.23 Å². The van der Waals surface area contributed by atoms with E-state index in [4.69, 9.17) is 16.3 Å². The molecule has 1 fully saturated rings. The van der Waals surface area contributed by atoms with E-state index >= 15 is 0 Å². The SMILES string of the molecule is COc1ccc(Br)c(/C=C(/CCl)C2CCCCC2)c1. The Balaban J connectivity index is 2.25. The fourth-order valence-electron chi connectivity index (χ4n) is 2.70. The summed E-state index contributed by atoms with van der Waals surface area (Å²) in [5.74, 6) is 2.16. The zero-order chi connectivity index (χ0) is 13.7. The van der Waals surface area contributed by atoms with Gasteiger partial charge in [0.25, 0.3) is 0 Å². The van der Waals surface area contributed by atoms with Crippen LogP contribution in [0.3, 0.4) is 0 Å². The zero-order valence-electron chi connectivity index (χ0n) is 11.3. The van der Waals surface area contributed by atoms with Crippen LogP contribution in [-0.2, 0) is 0 Å². The smallest absolute Gasteiger partial charge is 0.119 e. The molecule has 0 bridgehead atoms. The lowest BCUT2D eigenvalue weighted by atomic mass is 9.83. The molecule has 1 aliphatic carbocycles. The Hall–Kier alpha value is -0.470. The Morgan fingerprint density at radius 1 is 1.37 bits per heavy atom. The number of rotatable bonds is 4. The molecule has 0 amide bonds. The predicted octanol–water partition coefficient (Wildman–Crippen LogP) is 5.66. The number of allylic oxidation sites excluding steroid dienone is 1. The third-order valence-corrected chi connectivity index (χ3v) is 4.86. The second-order valence-electron chi connectivity index (χ2n) is 5.08. The van der Waals surface area contributed by atoms with Crippen LogP contribution in [-0.4, -0.2) is 13.0 Å². The Kier molecular flexibility index (Phi) is 5.77. The Morgan fingerprint density at radius 2 is 2.11 bits per heavy atom. The van der Waals surface area contributed by atoms with Crippen LogP contribution < -0.4 is 4.74 Å². The summed E-state index contributed by atoms with van der Waals surface area (Å²) in [6.45, 7) is 0. The van der Waals surface area contributed by atoms with Gasteiger partial charge in [-0.2, -0.15) is 0 Å². The molecule has 0 unspecified atom stereocenters. The molecule has 0 aliphatic heterocycles. The van der Waals surface area contributed by atoms with Crippen molar-refractivity contribution in [1.29, 1.82) is 0 Å². The van der Waals surface area contributed by atoms with E-state index in [1.807, 2.05) is 12.1 Å². The van der Waals surface area contributed by atoms with Crippen LogP contribution in [0.25, 0.3) is 6.08 Å². The van der Waals surface area contributed by atoms with E-state index in [9.17, 15) is 0 Å². The van der Waals surface area contributed by atoms with Crippen LogP contribution in [0.5, 0.6) is 5.75 Å². The first-order chi connectivity index (χ1) is 9.24. The highest BCUT2D eigenvalue weighted by Gasteiger charge is 2.17. The summed E-state index contributed by atoms with van der Waals surface area (Å²) in [7, 11) is 1.69. The number of halogens is 2. The van der Waals surface area contributed by atoms with Gasteiger partial charge < -0.3 is 4.74 Å². The van der Waals surface area contributed by atoms with Gasteiger partial charge in [0.05, 0.1) is 7.11 Å². The molecule has 0 atom stereocenters. The molecular formula is C16H20BrClO. The van der Waals surface area contributed by atoms with Gasteiger partial charge in [0.2, 0.25) is 0 Å². The quantitative estimate of drug-likeness (QED) is 0.641. The van der Waals surface area contributed by atoms with Gasteiger partial charge in [-0.1, -0.05) is 46.8 Å². The van der Waals surface area contributed by atoms with Crippen LogP contribution in [0.4, 0.5) is 0 Å². The third kappa shape index (κ3) is 4.00. The number of benzene rings is 1. The maximum atomic E-state index is 6.16. The summed E-state index contributed by atoms with van der Waals surface area (Å²) >= 11 is 9.76. The lowest BCUT2D eigenvalue weighted by Crippen LogP contribution is -2.10. The van der Waals surface area contributed by atoms with Crippen molar-refractivity contribution in [3.8, 4) is 5.75 Å². The maximum Gasteiger partial charge on any atom is 0.119 e. The minimum absolute atomic E-state index is 0.619. The lowest BCUT2D eigenvalue weighted by Gasteiger charge is -2.23. The molecule has 0 aromatic heterocycles. The molecule has 19 heavy (non-hydrogen) atoms. The van der Waals surface area contributed by atoms with Crippen molar-refractivity contribution < 1.29 is 4.74 Å². The van der Waals surface area contributed by atoms with Crippen molar-refractivity contribution in [3.63, 3.8) is 0 Å². The van der Waals surface area contributed by atoms with Gasteiger partial charge in [0.1, 0.15) is 5.75 Å². The monoisotopic (exact) mass is 342 g/mol. The first kappa shape index (κ1) is 14.9. The minimum atomic E-state index is 0.619. The summed E-state index contributed by atoms with van der Waals surface area (Å²) in [6, 6.07) is 6.04. The second kappa shape index (κ2) is 7.35. The normalized spacial score (nSPS) is 17.5. The van der Waals surface area contributed by atoms with Gasteiger partial charge in [-0.3, -0.25) is 0 Å². The molecule has 1 saturated carbocycles. The lowest BCUT2D eigenvalue weighted by molar-refractivity contribution is 0.405. The maximum absolute atomic E-state index is 6.16. The van der Waals surface area contributed by atoms with Gasteiger partial charge in [-0.15, -0.1) is 11.6 Å². The van der Waals surface area contributed by atoms with E-state index < -0.39 is 0 Å². The molecule has 104 valence electrons.